The van der Waals surface area contributed by atoms with Crippen LogP contribution in [0.25, 0.3) is 0 Å². The normalized spacial score (nSPS) is 28.1. The van der Waals surface area contributed by atoms with Crippen LogP contribution in [0.2, 0.25) is 0 Å². The molecule has 0 aromatic heterocycles. The highest BCUT2D eigenvalue weighted by Gasteiger charge is 2.48. The van der Waals surface area contributed by atoms with E-state index in [2.05, 4.69) is 30.4 Å². The van der Waals surface area contributed by atoms with E-state index in [1.165, 1.54) is 17.5 Å². The molecule has 0 aliphatic heterocycles. The van der Waals surface area contributed by atoms with E-state index in [0.717, 1.165) is 18.5 Å². The van der Waals surface area contributed by atoms with Gasteiger partial charge in [-0.3, -0.25) is 4.79 Å². The summed E-state index contributed by atoms with van der Waals surface area (Å²) in [6.07, 6.45) is 4.80. The number of aryl methyl sites for hydroxylation is 2. The number of hydrogen-bond donors (Lipinski definition) is 1. The maximum atomic E-state index is 12.3. The van der Waals surface area contributed by atoms with Crippen LogP contribution in [-0.4, -0.2) is 5.91 Å². The Balaban J connectivity index is 1.75. The van der Waals surface area contributed by atoms with Gasteiger partial charge < -0.3 is 5.32 Å². The molecule has 0 unspecified atom stereocenters. The third-order valence-electron chi connectivity index (χ3n) is 4.40. The second-order valence-electron chi connectivity index (χ2n) is 6.00. The standard InChI is InChI=1S/C16H18N2O/c1-11-8-16(9-11,10-17)15(19)18-14-6-5-12-3-2-4-13(12)7-14/h5-7,11H,2-4,8-9H2,1H3,(H,18,19). The Morgan fingerprint density at radius 2 is 2.11 bits per heavy atom. The fourth-order valence-electron chi connectivity index (χ4n) is 3.36. The molecule has 0 spiro atoms. The van der Waals surface area contributed by atoms with Gasteiger partial charge in [0.1, 0.15) is 5.41 Å². The van der Waals surface area contributed by atoms with E-state index in [4.69, 9.17) is 0 Å². The van der Waals surface area contributed by atoms with Crippen LogP contribution >= 0.6 is 0 Å². The molecule has 98 valence electrons. The first-order chi connectivity index (χ1) is 9.13. The number of fused-ring (bicyclic) bond motifs is 1. The van der Waals surface area contributed by atoms with Gasteiger partial charge in [0.2, 0.25) is 5.91 Å². The molecule has 1 saturated carbocycles. The molecule has 2 aliphatic carbocycles. The van der Waals surface area contributed by atoms with Crippen molar-refractivity contribution in [3.8, 4) is 6.07 Å². The number of rotatable bonds is 2. The van der Waals surface area contributed by atoms with Gasteiger partial charge in [-0.15, -0.1) is 0 Å². The molecule has 2 aliphatic rings. The molecule has 0 saturated heterocycles. The average molecular weight is 254 g/mol. The molecule has 3 nitrogen and oxygen atoms in total. The quantitative estimate of drug-likeness (QED) is 0.881. The Morgan fingerprint density at radius 1 is 1.37 bits per heavy atom. The lowest BCUT2D eigenvalue weighted by molar-refractivity contribution is -0.128. The third kappa shape index (κ3) is 2.02. The van der Waals surface area contributed by atoms with Gasteiger partial charge in [0.05, 0.1) is 6.07 Å². The molecule has 3 heteroatoms. The molecule has 1 amide bonds. The summed E-state index contributed by atoms with van der Waals surface area (Å²) >= 11 is 0. The van der Waals surface area contributed by atoms with Gasteiger partial charge in [-0.2, -0.15) is 5.26 Å². The number of amides is 1. The largest absolute Gasteiger partial charge is 0.325 e. The Labute approximate surface area is 113 Å². The van der Waals surface area contributed by atoms with Gasteiger partial charge in [-0.25, -0.2) is 0 Å². The average Bonchev–Trinajstić information content (AvgIpc) is 2.81. The lowest BCUT2D eigenvalue weighted by atomic mass is 9.63. The van der Waals surface area contributed by atoms with Crippen molar-refractivity contribution in [2.75, 3.05) is 5.32 Å². The lowest BCUT2D eigenvalue weighted by Crippen LogP contribution is -2.45. The maximum Gasteiger partial charge on any atom is 0.244 e. The number of hydrogen-bond acceptors (Lipinski definition) is 2. The summed E-state index contributed by atoms with van der Waals surface area (Å²) in [5.74, 6) is 0.344. The molecule has 19 heavy (non-hydrogen) atoms. The van der Waals surface area contributed by atoms with Crippen molar-refractivity contribution >= 4 is 11.6 Å². The second-order valence-corrected chi connectivity index (χ2v) is 6.00. The van der Waals surface area contributed by atoms with Gasteiger partial charge >= 0.3 is 0 Å². The fraction of sp³-hybridized carbons (Fsp3) is 0.500. The van der Waals surface area contributed by atoms with E-state index in [9.17, 15) is 10.1 Å². The van der Waals surface area contributed by atoms with Crippen molar-refractivity contribution in [3.63, 3.8) is 0 Å². The minimum absolute atomic E-state index is 0.133. The summed E-state index contributed by atoms with van der Waals surface area (Å²) in [5, 5.41) is 12.2. The predicted octanol–water partition coefficient (Wildman–Crippen LogP) is 3.05. The molecular formula is C16H18N2O. The van der Waals surface area contributed by atoms with E-state index >= 15 is 0 Å². The van der Waals surface area contributed by atoms with Gasteiger partial charge in [0.15, 0.2) is 0 Å². The second kappa shape index (κ2) is 4.38. The summed E-state index contributed by atoms with van der Waals surface area (Å²) in [4.78, 5) is 12.3. The number of anilines is 1. The lowest BCUT2D eigenvalue weighted by Gasteiger charge is -2.39. The Hall–Kier alpha value is -1.82. The number of benzene rings is 1. The van der Waals surface area contributed by atoms with Crippen molar-refractivity contribution in [2.24, 2.45) is 11.3 Å². The van der Waals surface area contributed by atoms with E-state index in [1.807, 2.05) is 6.07 Å². The third-order valence-corrected chi connectivity index (χ3v) is 4.40. The molecule has 1 N–H and O–H groups in total. The summed E-state index contributed by atoms with van der Waals surface area (Å²) < 4.78 is 0. The van der Waals surface area contributed by atoms with Crippen molar-refractivity contribution in [3.05, 3.63) is 29.3 Å². The monoisotopic (exact) mass is 254 g/mol. The van der Waals surface area contributed by atoms with Crippen LogP contribution in [0, 0.1) is 22.7 Å². The minimum atomic E-state index is -0.793. The molecular weight excluding hydrogens is 236 g/mol. The maximum absolute atomic E-state index is 12.3. The molecule has 0 radical (unpaired) electrons. The first-order valence-corrected chi connectivity index (χ1v) is 6.97. The Morgan fingerprint density at radius 3 is 2.79 bits per heavy atom. The van der Waals surface area contributed by atoms with Crippen LogP contribution in [0.15, 0.2) is 18.2 Å². The highest BCUT2D eigenvalue weighted by Crippen LogP contribution is 2.45. The van der Waals surface area contributed by atoms with Crippen LogP contribution in [0.5, 0.6) is 0 Å². The molecule has 1 aromatic carbocycles. The zero-order valence-corrected chi connectivity index (χ0v) is 11.2. The fourth-order valence-corrected chi connectivity index (χ4v) is 3.36. The molecule has 1 aromatic rings. The SMILES string of the molecule is CC1CC(C#N)(C(=O)Nc2ccc3c(c2)CCC3)C1. The van der Waals surface area contributed by atoms with Crippen LogP contribution in [0.4, 0.5) is 5.69 Å². The molecule has 3 rings (SSSR count). The number of nitrogens with one attached hydrogen (secondary N) is 1. The van der Waals surface area contributed by atoms with Gasteiger partial charge in [0.25, 0.3) is 0 Å². The van der Waals surface area contributed by atoms with Crippen LogP contribution < -0.4 is 5.32 Å². The number of nitrogens with zero attached hydrogens (tertiary/aromatic N) is 1. The molecule has 0 heterocycles. The van der Waals surface area contributed by atoms with Gasteiger partial charge in [-0.05, 0) is 61.3 Å². The minimum Gasteiger partial charge on any atom is -0.325 e. The van der Waals surface area contributed by atoms with Crippen molar-refractivity contribution in [2.45, 2.75) is 39.0 Å². The smallest absolute Gasteiger partial charge is 0.244 e. The first kappa shape index (κ1) is 12.2. The van der Waals surface area contributed by atoms with Crippen molar-refractivity contribution in [1.82, 2.24) is 0 Å². The van der Waals surface area contributed by atoms with Gasteiger partial charge in [0, 0.05) is 5.69 Å². The van der Waals surface area contributed by atoms with Crippen molar-refractivity contribution < 1.29 is 4.79 Å². The molecule has 0 bridgehead atoms. The zero-order valence-electron chi connectivity index (χ0n) is 11.2. The van der Waals surface area contributed by atoms with Crippen molar-refractivity contribution in [1.29, 1.82) is 5.26 Å². The Kier molecular flexibility index (Phi) is 2.82. The number of carbonyl (C=O) groups excluding carboxylic acids is 1. The van der Waals surface area contributed by atoms with E-state index in [1.54, 1.807) is 0 Å². The molecule has 1 fully saturated rings. The topological polar surface area (TPSA) is 52.9 Å². The van der Waals surface area contributed by atoms with Crippen LogP contribution in [0.3, 0.4) is 0 Å². The summed E-state index contributed by atoms with van der Waals surface area (Å²) in [5.41, 5.74) is 2.77. The predicted molar refractivity (Wildman–Crippen MR) is 73.5 cm³/mol. The summed E-state index contributed by atoms with van der Waals surface area (Å²) in [7, 11) is 0. The highest BCUT2D eigenvalue weighted by atomic mass is 16.2. The highest BCUT2D eigenvalue weighted by molar-refractivity contribution is 5.98. The summed E-state index contributed by atoms with van der Waals surface area (Å²) in [6, 6.07) is 8.32. The number of nitriles is 1. The van der Waals surface area contributed by atoms with Crippen LogP contribution in [0.1, 0.15) is 37.3 Å². The molecule has 0 atom stereocenters. The first-order valence-electron chi connectivity index (χ1n) is 6.97. The number of carbonyl (C=O) groups is 1. The van der Waals surface area contributed by atoms with E-state index in [-0.39, 0.29) is 5.91 Å². The Bertz CT molecular complexity index is 565. The van der Waals surface area contributed by atoms with Crippen LogP contribution in [-0.2, 0) is 17.6 Å². The van der Waals surface area contributed by atoms with E-state index < -0.39 is 5.41 Å². The summed E-state index contributed by atoms with van der Waals surface area (Å²) in [6.45, 7) is 2.08. The zero-order chi connectivity index (χ0) is 13.5. The van der Waals surface area contributed by atoms with E-state index in [0.29, 0.717) is 18.8 Å². The van der Waals surface area contributed by atoms with Gasteiger partial charge in [-0.1, -0.05) is 13.0 Å².